The van der Waals surface area contributed by atoms with Gasteiger partial charge in [-0.15, -0.1) is 0 Å². The SMILES string of the molecule is [2H]/C(=C(/[2H])c1ccc(N(c2ccccn2)c2ccccn2)c2ccccc12)c1ccc(-c2cc3c4c(ccc5cccc(c54)C3(C)C)c2)cc1. The van der Waals surface area contributed by atoms with Gasteiger partial charge in [0.25, 0.3) is 0 Å². The second-order valence-electron chi connectivity index (χ2n) is 12.9. The van der Waals surface area contributed by atoms with Crippen LogP contribution in [0.4, 0.5) is 17.3 Å². The summed E-state index contributed by atoms with van der Waals surface area (Å²) in [5, 5.41) is 7.12. The first-order valence-electron chi connectivity index (χ1n) is 17.3. The lowest BCUT2D eigenvalue weighted by Gasteiger charge is -2.25. The summed E-state index contributed by atoms with van der Waals surface area (Å²) in [5.41, 5.74) is 7.22. The summed E-state index contributed by atoms with van der Waals surface area (Å²) in [7, 11) is 0. The third-order valence-corrected chi connectivity index (χ3v) is 9.76. The number of benzene rings is 6. The van der Waals surface area contributed by atoms with E-state index in [0.29, 0.717) is 11.1 Å². The van der Waals surface area contributed by atoms with Gasteiger partial charge in [0, 0.05) is 23.2 Å². The quantitative estimate of drug-likeness (QED) is 0.137. The molecule has 0 N–H and O–H groups in total. The van der Waals surface area contributed by atoms with Crippen LogP contribution < -0.4 is 4.90 Å². The highest BCUT2D eigenvalue weighted by Crippen LogP contribution is 2.50. The van der Waals surface area contributed by atoms with E-state index in [-0.39, 0.29) is 17.5 Å². The molecule has 0 saturated heterocycles. The van der Waals surface area contributed by atoms with E-state index in [4.69, 9.17) is 1.37 Å². The van der Waals surface area contributed by atoms with Gasteiger partial charge in [0.1, 0.15) is 11.6 Å². The van der Waals surface area contributed by atoms with Crippen molar-refractivity contribution in [2.75, 3.05) is 4.90 Å². The molecule has 6 aromatic carbocycles. The maximum absolute atomic E-state index is 9.26. The molecule has 0 saturated carbocycles. The Morgan fingerprint density at radius 2 is 1.25 bits per heavy atom. The second-order valence-corrected chi connectivity index (χ2v) is 12.9. The number of hydrogen-bond acceptors (Lipinski definition) is 3. The maximum Gasteiger partial charge on any atom is 0.138 e. The smallest absolute Gasteiger partial charge is 0.138 e. The summed E-state index contributed by atoms with van der Waals surface area (Å²) in [4.78, 5) is 11.3. The Morgan fingerprint density at radius 3 is 1.98 bits per heavy atom. The predicted molar refractivity (Wildman–Crippen MR) is 202 cm³/mol. The summed E-state index contributed by atoms with van der Waals surface area (Å²) in [6, 6.07) is 47.8. The van der Waals surface area contributed by atoms with Crippen molar-refractivity contribution in [3.8, 4) is 11.1 Å². The van der Waals surface area contributed by atoms with Gasteiger partial charge in [0.15, 0.2) is 0 Å². The predicted octanol–water partition coefficient (Wildman–Crippen LogP) is 11.9. The number of aromatic nitrogens is 2. The zero-order chi connectivity index (χ0) is 34.0. The Balaban J connectivity index is 1.10. The van der Waals surface area contributed by atoms with Gasteiger partial charge >= 0.3 is 0 Å². The molecule has 9 rings (SSSR count). The summed E-state index contributed by atoms with van der Waals surface area (Å²) >= 11 is 0. The Kier molecular flexibility index (Phi) is 5.99. The number of anilines is 3. The molecule has 0 fully saturated rings. The van der Waals surface area contributed by atoms with E-state index in [1.54, 1.807) is 12.4 Å². The van der Waals surface area contributed by atoms with Gasteiger partial charge in [-0.3, -0.25) is 4.90 Å². The van der Waals surface area contributed by atoms with E-state index in [9.17, 15) is 1.37 Å². The van der Waals surface area contributed by atoms with Gasteiger partial charge in [-0.25, -0.2) is 9.97 Å². The van der Waals surface area contributed by atoms with Gasteiger partial charge < -0.3 is 0 Å². The molecule has 3 nitrogen and oxygen atoms in total. The molecule has 2 aromatic heterocycles. The van der Waals surface area contributed by atoms with Crippen molar-refractivity contribution in [2.45, 2.75) is 19.3 Å². The second kappa shape index (κ2) is 11.0. The van der Waals surface area contributed by atoms with Crippen LogP contribution in [0.15, 0.2) is 152 Å². The number of rotatable bonds is 6. The van der Waals surface area contributed by atoms with Gasteiger partial charge in [-0.1, -0.05) is 123 Å². The molecule has 228 valence electrons. The van der Waals surface area contributed by atoms with Crippen molar-refractivity contribution >= 4 is 61.7 Å². The third kappa shape index (κ3) is 4.51. The molecule has 1 aliphatic carbocycles. The standard InChI is InChI=1S/C45H33N3/c1-45(2)38-13-9-10-33-22-23-34-28-35(29-39(45)44(34)43(33)38)31-19-16-30(17-20-31)18-21-32-24-25-40(37-12-4-3-11-36(32)37)48(41-14-5-7-26-46-41)42-15-6-8-27-47-42/h3-29H,1-2H3/b21-18+/i18D,21D. The van der Waals surface area contributed by atoms with Crippen molar-refractivity contribution in [1.29, 1.82) is 0 Å². The zero-order valence-electron chi connectivity index (χ0n) is 28.8. The highest BCUT2D eigenvalue weighted by molar-refractivity contribution is 6.15. The Hall–Kier alpha value is -6.06. The highest BCUT2D eigenvalue weighted by atomic mass is 15.2. The topological polar surface area (TPSA) is 29.0 Å². The minimum Gasteiger partial charge on any atom is -0.278 e. The first-order chi connectivity index (χ1) is 24.4. The molecule has 1 aliphatic rings. The minimum absolute atomic E-state index is 0.0842. The normalized spacial score (nSPS) is 14.3. The number of nitrogens with zero attached hydrogens (tertiary/aromatic N) is 3. The van der Waals surface area contributed by atoms with Gasteiger partial charge in [0.05, 0.1) is 8.43 Å². The zero-order valence-corrected chi connectivity index (χ0v) is 26.8. The molecule has 0 aliphatic heterocycles. The molecule has 0 atom stereocenters. The van der Waals surface area contributed by atoms with Crippen LogP contribution >= 0.6 is 0 Å². The monoisotopic (exact) mass is 617 g/mol. The molecule has 3 heteroatoms. The number of hydrogen-bond donors (Lipinski definition) is 0. The van der Waals surface area contributed by atoms with E-state index in [2.05, 4.69) is 84.5 Å². The molecule has 0 unspecified atom stereocenters. The fraction of sp³-hybridized carbons (Fsp3) is 0.0667. The minimum atomic E-state index is -0.0842. The molecular weight excluding hydrogens is 583 g/mol. The molecule has 0 amide bonds. The average molecular weight is 618 g/mol. The van der Waals surface area contributed by atoms with Crippen LogP contribution in [-0.2, 0) is 5.41 Å². The van der Waals surface area contributed by atoms with Crippen molar-refractivity contribution in [3.05, 3.63) is 174 Å². The van der Waals surface area contributed by atoms with Crippen molar-refractivity contribution in [2.24, 2.45) is 0 Å². The molecule has 0 bridgehead atoms. The fourth-order valence-corrected chi connectivity index (χ4v) is 7.38. The lowest BCUT2D eigenvalue weighted by atomic mass is 9.81. The van der Waals surface area contributed by atoms with Crippen molar-refractivity contribution in [1.82, 2.24) is 9.97 Å². The van der Waals surface area contributed by atoms with Crippen molar-refractivity contribution in [3.63, 3.8) is 0 Å². The Morgan fingerprint density at radius 1 is 0.562 bits per heavy atom. The van der Waals surface area contributed by atoms with E-state index >= 15 is 0 Å². The van der Waals surface area contributed by atoms with Crippen LogP contribution in [0.3, 0.4) is 0 Å². The fourth-order valence-electron chi connectivity index (χ4n) is 7.38. The van der Waals surface area contributed by atoms with Crippen LogP contribution in [0.1, 0.15) is 38.8 Å². The number of fused-ring (bicyclic) bond motifs is 1. The van der Waals surface area contributed by atoms with Gasteiger partial charge in [-0.05, 0) is 103 Å². The summed E-state index contributed by atoms with van der Waals surface area (Å²) in [6.07, 6.45) is 3.55. The van der Waals surface area contributed by atoms with Crippen LogP contribution in [-0.4, -0.2) is 9.97 Å². The Labute approximate surface area is 283 Å². The van der Waals surface area contributed by atoms with Gasteiger partial charge in [-0.2, -0.15) is 0 Å². The van der Waals surface area contributed by atoms with E-state index in [1.807, 2.05) is 83.8 Å². The van der Waals surface area contributed by atoms with Crippen LogP contribution in [0.25, 0.3) is 55.5 Å². The van der Waals surface area contributed by atoms with E-state index < -0.39 is 0 Å². The summed E-state index contributed by atoms with van der Waals surface area (Å²) < 4.78 is 18.4. The van der Waals surface area contributed by atoms with Crippen LogP contribution in [0, 0.1) is 0 Å². The largest absolute Gasteiger partial charge is 0.278 e. The molecule has 8 aromatic rings. The summed E-state index contributed by atoms with van der Waals surface area (Å²) in [5.74, 6) is 1.49. The highest BCUT2D eigenvalue weighted by Gasteiger charge is 2.34. The average Bonchev–Trinajstić information content (AvgIpc) is 3.41. The molecule has 0 spiro atoms. The maximum atomic E-state index is 9.26. The lowest BCUT2D eigenvalue weighted by molar-refractivity contribution is 0.663. The molecule has 48 heavy (non-hydrogen) atoms. The Bertz CT molecular complexity index is 2590. The van der Waals surface area contributed by atoms with E-state index in [0.717, 1.165) is 39.2 Å². The molecule has 0 radical (unpaired) electrons. The number of pyridine rings is 2. The van der Waals surface area contributed by atoms with Crippen LogP contribution in [0.2, 0.25) is 0 Å². The lowest BCUT2D eigenvalue weighted by Crippen LogP contribution is -2.15. The first-order valence-corrected chi connectivity index (χ1v) is 16.3. The van der Waals surface area contributed by atoms with Crippen LogP contribution in [0.5, 0.6) is 0 Å². The van der Waals surface area contributed by atoms with Gasteiger partial charge in [0.2, 0.25) is 0 Å². The molecule has 2 heterocycles. The third-order valence-electron chi connectivity index (χ3n) is 9.76. The first kappa shape index (κ1) is 26.1. The summed E-state index contributed by atoms with van der Waals surface area (Å²) in [6.45, 7) is 4.64. The molecular formula is C45H33N3. The van der Waals surface area contributed by atoms with E-state index in [1.165, 1.54) is 32.7 Å². The van der Waals surface area contributed by atoms with Crippen molar-refractivity contribution < 1.29 is 2.74 Å².